The third-order valence-electron chi connectivity index (χ3n) is 3.71. The second-order valence-electron chi connectivity index (χ2n) is 5.88. The second-order valence-corrected chi connectivity index (χ2v) is 6.51. The van der Waals surface area contributed by atoms with Crippen molar-refractivity contribution in [2.75, 3.05) is 0 Å². The van der Waals surface area contributed by atoms with Crippen molar-refractivity contribution in [2.45, 2.75) is 32.5 Å². The smallest absolute Gasteiger partial charge is 0.302 e. The summed E-state index contributed by atoms with van der Waals surface area (Å²) in [5, 5.41) is 9.80. The molecule has 3 unspecified atom stereocenters. The van der Waals surface area contributed by atoms with E-state index in [0.717, 1.165) is 11.1 Å². The highest BCUT2D eigenvalue weighted by Gasteiger charge is 2.23. The summed E-state index contributed by atoms with van der Waals surface area (Å²) in [6.45, 7) is 3.27. The van der Waals surface area contributed by atoms with Gasteiger partial charge in [-0.05, 0) is 54.8 Å². The van der Waals surface area contributed by atoms with Crippen LogP contribution >= 0.6 is 0 Å². The van der Waals surface area contributed by atoms with Crippen molar-refractivity contribution in [1.82, 2.24) is 0 Å². The Hall–Kier alpha value is -2.26. The summed E-state index contributed by atoms with van der Waals surface area (Å²) in [5.41, 5.74) is 7.29. The van der Waals surface area contributed by atoms with Crippen molar-refractivity contribution in [2.24, 2.45) is 5.73 Å². The number of hydrogen-bond donors (Lipinski definition) is 3. The van der Waals surface area contributed by atoms with Gasteiger partial charge in [0.1, 0.15) is 17.6 Å². The van der Waals surface area contributed by atoms with Gasteiger partial charge in [0.25, 0.3) is 0 Å². The lowest BCUT2D eigenvalue weighted by molar-refractivity contribution is -0.117. The Kier molecular flexibility index (Phi) is 6.87. The lowest BCUT2D eigenvalue weighted by Crippen LogP contribution is -2.20. The first-order valence-corrected chi connectivity index (χ1v) is 8.91. The van der Waals surface area contributed by atoms with Crippen LogP contribution < -0.4 is 10.5 Å². The molecule has 140 valence electrons. The molecular formula is C18H21NO6S. The minimum absolute atomic E-state index is 0.168. The van der Waals surface area contributed by atoms with Crippen LogP contribution in [0.2, 0.25) is 0 Å². The highest BCUT2D eigenvalue weighted by molar-refractivity contribution is 7.74. The molecule has 0 spiro atoms. The van der Waals surface area contributed by atoms with Crippen LogP contribution in [0, 0.1) is 6.92 Å². The quantitative estimate of drug-likeness (QED) is 0.606. The van der Waals surface area contributed by atoms with E-state index in [0.29, 0.717) is 17.1 Å². The molecule has 1 amide bonds. The number of nitrogens with two attached hydrogens (primary N) is 1. The lowest BCUT2D eigenvalue weighted by atomic mass is 10.00. The molecule has 0 aliphatic rings. The predicted molar refractivity (Wildman–Crippen MR) is 96.9 cm³/mol. The van der Waals surface area contributed by atoms with E-state index < -0.39 is 29.5 Å². The van der Waals surface area contributed by atoms with Crippen LogP contribution in [0.4, 0.5) is 0 Å². The highest BCUT2D eigenvalue weighted by Crippen LogP contribution is 2.30. The Morgan fingerprint density at radius 3 is 2.31 bits per heavy atom. The van der Waals surface area contributed by atoms with Gasteiger partial charge in [-0.1, -0.05) is 18.2 Å². The maximum Gasteiger partial charge on any atom is 0.302 e. The normalized spacial score (nSPS) is 14.5. The lowest BCUT2D eigenvalue weighted by Gasteiger charge is -2.20. The monoisotopic (exact) mass is 379 g/mol. The largest absolute Gasteiger partial charge is 0.457 e. The van der Waals surface area contributed by atoms with Gasteiger partial charge in [0, 0.05) is 0 Å². The zero-order valence-electron chi connectivity index (χ0n) is 14.4. The number of benzene rings is 2. The molecule has 26 heavy (non-hydrogen) atoms. The zero-order chi connectivity index (χ0) is 19.3. The van der Waals surface area contributed by atoms with Gasteiger partial charge in [0.2, 0.25) is 5.91 Å². The summed E-state index contributed by atoms with van der Waals surface area (Å²) in [5.74, 6) is 0.747. The fourth-order valence-corrected chi connectivity index (χ4v) is 2.97. The SMILES string of the molecule is Cc1cc(Oc2ccc(CC(N)=O)cc2)ccc1C(OS(=O)O)C(C)O. The van der Waals surface area contributed by atoms with Gasteiger partial charge in [-0.15, -0.1) is 0 Å². The zero-order valence-corrected chi connectivity index (χ0v) is 15.2. The number of primary amides is 1. The van der Waals surface area contributed by atoms with Crippen molar-refractivity contribution < 1.29 is 27.6 Å². The van der Waals surface area contributed by atoms with Gasteiger partial charge in [0.05, 0.1) is 12.5 Å². The summed E-state index contributed by atoms with van der Waals surface area (Å²) in [6.07, 6.45) is -1.72. The van der Waals surface area contributed by atoms with Crippen LogP contribution in [-0.2, 0) is 26.8 Å². The molecule has 0 aliphatic carbocycles. The van der Waals surface area contributed by atoms with Gasteiger partial charge in [-0.3, -0.25) is 13.5 Å². The molecule has 0 saturated heterocycles. The van der Waals surface area contributed by atoms with Gasteiger partial charge in [0.15, 0.2) is 0 Å². The third-order valence-corrected chi connectivity index (χ3v) is 4.08. The van der Waals surface area contributed by atoms with E-state index in [-0.39, 0.29) is 6.42 Å². The standard InChI is InChI=1S/C18H21NO6S/c1-11-9-15(7-8-16(11)18(12(2)20)25-26(22)23)24-14-5-3-13(4-6-14)10-17(19)21/h3-9,12,18,20H,10H2,1-2H3,(H2,19,21)(H,22,23). The van der Waals surface area contributed by atoms with Crippen LogP contribution in [0.3, 0.4) is 0 Å². The number of carbonyl (C=O) groups is 1. The number of aliphatic hydroxyl groups excluding tert-OH is 1. The van der Waals surface area contributed by atoms with Crippen LogP contribution in [-0.4, -0.2) is 25.9 Å². The minimum atomic E-state index is -2.49. The van der Waals surface area contributed by atoms with Crippen molar-refractivity contribution in [1.29, 1.82) is 0 Å². The van der Waals surface area contributed by atoms with Gasteiger partial charge >= 0.3 is 11.4 Å². The summed E-state index contributed by atoms with van der Waals surface area (Å²) in [6, 6.07) is 12.1. The Bertz CT molecular complexity index is 791. The van der Waals surface area contributed by atoms with E-state index in [1.54, 1.807) is 49.4 Å². The molecule has 0 radical (unpaired) electrons. The second kappa shape index (κ2) is 8.91. The highest BCUT2D eigenvalue weighted by atomic mass is 32.2. The minimum Gasteiger partial charge on any atom is -0.457 e. The molecule has 0 saturated carbocycles. The fraction of sp³-hybridized carbons (Fsp3) is 0.278. The number of ether oxygens (including phenoxy) is 1. The maximum absolute atomic E-state index is 10.9. The number of amides is 1. The van der Waals surface area contributed by atoms with Gasteiger partial charge in [-0.25, -0.2) is 0 Å². The number of aryl methyl sites for hydroxylation is 1. The molecule has 0 heterocycles. The molecule has 4 N–H and O–H groups in total. The van der Waals surface area contributed by atoms with Gasteiger partial charge < -0.3 is 15.6 Å². The first kappa shape index (κ1) is 20.1. The molecule has 7 nitrogen and oxygen atoms in total. The van der Waals surface area contributed by atoms with E-state index in [1.165, 1.54) is 6.92 Å². The Balaban J connectivity index is 2.15. The number of rotatable bonds is 8. The molecule has 3 atom stereocenters. The summed E-state index contributed by atoms with van der Waals surface area (Å²) < 4.78 is 30.5. The van der Waals surface area contributed by atoms with Crippen molar-refractivity contribution >= 4 is 17.3 Å². The van der Waals surface area contributed by atoms with E-state index in [4.69, 9.17) is 19.2 Å². The number of aliphatic hydroxyl groups is 1. The summed E-state index contributed by atoms with van der Waals surface area (Å²) in [7, 11) is 0. The van der Waals surface area contributed by atoms with E-state index >= 15 is 0 Å². The fourth-order valence-electron chi connectivity index (χ4n) is 2.52. The molecule has 0 bridgehead atoms. The van der Waals surface area contributed by atoms with Crippen molar-refractivity contribution in [3.8, 4) is 11.5 Å². The van der Waals surface area contributed by atoms with Crippen LogP contribution in [0.25, 0.3) is 0 Å². The Labute approximate surface area is 154 Å². The van der Waals surface area contributed by atoms with E-state index in [9.17, 15) is 14.1 Å². The summed E-state index contributed by atoms with van der Waals surface area (Å²) >= 11 is -2.49. The molecule has 0 aliphatic heterocycles. The first-order valence-electron chi connectivity index (χ1n) is 7.88. The number of carbonyl (C=O) groups excluding carboxylic acids is 1. The van der Waals surface area contributed by atoms with Crippen LogP contribution in [0.1, 0.15) is 29.7 Å². The average Bonchev–Trinajstić information content (AvgIpc) is 2.54. The Morgan fingerprint density at radius 2 is 1.81 bits per heavy atom. The average molecular weight is 379 g/mol. The third kappa shape index (κ3) is 5.63. The van der Waals surface area contributed by atoms with Crippen LogP contribution in [0.15, 0.2) is 42.5 Å². The van der Waals surface area contributed by atoms with Gasteiger partial charge in [-0.2, -0.15) is 4.21 Å². The molecule has 0 fully saturated rings. The van der Waals surface area contributed by atoms with E-state index in [2.05, 4.69) is 0 Å². The molecule has 8 heteroatoms. The predicted octanol–water partition coefficient (Wildman–Crippen LogP) is 2.39. The van der Waals surface area contributed by atoms with Crippen LogP contribution in [0.5, 0.6) is 11.5 Å². The molecule has 2 rings (SSSR count). The van der Waals surface area contributed by atoms with Crippen molar-refractivity contribution in [3.63, 3.8) is 0 Å². The maximum atomic E-state index is 10.9. The summed E-state index contributed by atoms with van der Waals surface area (Å²) in [4.78, 5) is 10.9. The number of hydrogen-bond acceptors (Lipinski definition) is 5. The van der Waals surface area contributed by atoms with Crippen molar-refractivity contribution in [3.05, 3.63) is 59.2 Å². The molecule has 2 aromatic carbocycles. The molecular weight excluding hydrogens is 358 g/mol. The Morgan fingerprint density at radius 1 is 1.19 bits per heavy atom. The topological polar surface area (TPSA) is 119 Å². The molecule has 0 aromatic heterocycles. The van der Waals surface area contributed by atoms with E-state index in [1.807, 2.05) is 0 Å². The molecule has 2 aromatic rings. The first-order chi connectivity index (χ1) is 12.3.